The van der Waals surface area contributed by atoms with Crippen LogP contribution in [0, 0.1) is 6.92 Å². The van der Waals surface area contributed by atoms with Gasteiger partial charge in [0, 0.05) is 29.6 Å². The molecule has 1 aliphatic heterocycles. The zero-order chi connectivity index (χ0) is 26.8. The molecule has 1 amide bonds. The highest BCUT2D eigenvalue weighted by Crippen LogP contribution is 2.24. The third-order valence-corrected chi connectivity index (χ3v) is 6.42. The first-order valence-electron chi connectivity index (χ1n) is 12.6. The summed E-state index contributed by atoms with van der Waals surface area (Å²) in [6, 6.07) is 8.34. The third kappa shape index (κ3) is 8.19. The van der Waals surface area contributed by atoms with Crippen molar-refractivity contribution in [3.05, 3.63) is 59.3 Å². The summed E-state index contributed by atoms with van der Waals surface area (Å²) in [6.07, 6.45) is 0.214. The van der Waals surface area contributed by atoms with E-state index in [4.69, 9.17) is 14.7 Å². The van der Waals surface area contributed by atoms with E-state index in [1.54, 1.807) is 0 Å². The summed E-state index contributed by atoms with van der Waals surface area (Å²) in [5, 5.41) is 33.3. The van der Waals surface area contributed by atoms with Gasteiger partial charge in [-0.3, -0.25) is 4.79 Å². The fourth-order valence-corrected chi connectivity index (χ4v) is 4.28. The van der Waals surface area contributed by atoms with Crippen molar-refractivity contribution in [2.45, 2.75) is 70.3 Å². The first-order chi connectivity index (χ1) is 17.8. The summed E-state index contributed by atoms with van der Waals surface area (Å²) >= 11 is 0. The van der Waals surface area contributed by atoms with Gasteiger partial charge in [0.15, 0.2) is 6.17 Å². The summed E-state index contributed by atoms with van der Waals surface area (Å²) in [5.41, 5.74) is 7.00. The molecule has 204 valence electrons. The van der Waals surface area contributed by atoms with Crippen molar-refractivity contribution in [3.63, 3.8) is 0 Å². The number of nitrogens with one attached hydrogen (secondary N) is 3. The highest BCUT2D eigenvalue weighted by atomic mass is 19.1. The number of aromatic amines is 1. The Morgan fingerprint density at radius 3 is 2.81 bits per heavy atom. The minimum atomic E-state index is -1.95. The Labute approximate surface area is 216 Å². The van der Waals surface area contributed by atoms with Gasteiger partial charge in [-0.25, -0.2) is 14.7 Å². The standard InChI is InChI=1S/C27H38FN3O6/c1-17(8-5-6-14-29-15-13-19-18(2)30-21-11-4-3-10-20(19)21)9-7-12-23(33)31-37-27-26(35)25(34)24(28)22(16-32)36-27/h3-6,8,10-11,22,24-27,29-30,32,34-35H,7,9,12-16H2,1-2H3,(H,31,33)/b6-5+,17-8+/t22?,24-,25-,26+,27-/m0/s1. The molecular weight excluding hydrogens is 481 g/mol. The quantitative estimate of drug-likeness (QED) is 0.136. The van der Waals surface area contributed by atoms with Crippen molar-refractivity contribution in [1.82, 2.24) is 15.8 Å². The molecule has 0 radical (unpaired) electrons. The van der Waals surface area contributed by atoms with E-state index < -0.39 is 43.3 Å². The fourth-order valence-electron chi connectivity index (χ4n) is 4.28. The molecule has 37 heavy (non-hydrogen) atoms. The molecule has 1 saturated heterocycles. The van der Waals surface area contributed by atoms with E-state index in [2.05, 4.69) is 47.0 Å². The predicted octanol–water partition coefficient (Wildman–Crippen LogP) is 2.11. The summed E-state index contributed by atoms with van der Waals surface area (Å²) < 4.78 is 18.8. The normalized spacial score (nSPS) is 24.7. The van der Waals surface area contributed by atoms with Crippen LogP contribution in [0.1, 0.15) is 37.4 Å². The Hall–Kier alpha value is -2.60. The van der Waals surface area contributed by atoms with Gasteiger partial charge >= 0.3 is 0 Å². The van der Waals surface area contributed by atoms with Crippen molar-refractivity contribution in [3.8, 4) is 0 Å². The number of carbonyl (C=O) groups is 1. The minimum Gasteiger partial charge on any atom is -0.394 e. The highest BCUT2D eigenvalue weighted by Gasteiger charge is 2.45. The minimum absolute atomic E-state index is 0.171. The zero-order valence-electron chi connectivity index (χ0n) is 21.3. The second kappa shape index (κ2) is 14.4. The Balaban J connectivity index is 1.28. The van der Waals surface area contributed by atoms with Crippen molar-refractivity contribution < 1.29 is 34.1 Å². The van der Waals surface area contributed by atoms with Gasteiger partial charge in [-0.05, 0) is 51.3 Å². The molecule has 9 nitrogen and oxygen atoms in total. The van der Waals surface area contributed by atoms with E-state index in [0.29, 0.717) is 12.8 Å². The highest BCUT2D eigenvalue weighted by molar-refractivity contribution is 5.84. The van der Waals surface area contributed by atoms with Crippen LogP contribution in [0.4, 0.5) is 4.39 Å². The van der Waals surface area contributed by atoms with Gasteiger partial charge in [0.05, 0.1) is 6.61 Å². The number of fused-ring (bicyclic) bond motifs is 1. The number of ether oxygens (including phenoxy) is 1. The number of alkyl halides is 1. The predicted molar refractivity (Wildman–Crippen MR) is 138 cm³/mol. The Kier molecular flexibility index (Phi) is 11.2. The number of benzene rings is 1. The topological polar surface area (TPSA) is 136 Å². The van der Waals surface area contributed by atoms with Crippen LogP contribution in [0.3, 0.4) is 0 Å². The number of aliphatic hydroxyl groups is 3. The molecule has 0 aliphatic carbocycles. The first-order valence-corrected chi connectivity index (χ1v) is 12.6. The number of hydroxylamine groups is 1. The lowest BCUT2D eigenvalue weighted by Gasteiger charge is -2.37. The van der Waals surface area contributed by atoms with Gasteiger partial charge in [-0.15, -0.1) is 0 Å². The second-order valence-corrected chi connectivity index (χ2v) is 9.32. The number of carbonyl (C=O) groups excluding carboxylic acids is 1. The molecule has 1 aliphatic rings. The maximum Gasteiger partial charge on any atom is 0.243 e. The number of H-pyrrole nitrogens is 1. The maximum absolute atomic E-state index is 13.7. The van der Waals surface area contributed by atoms with Crippen molar-refractivity contribution >= 4 is 16.8 Å². The zero-order valence-corrected chi connectivity index (χ0v) is 21.3. The average molecular weight is 520 g/mol. The number of para-hydroxylation sites is 1. The molecular formula is C27H38FN3O6. The molecule has 3 rings (SSSR count). The summed E-state index contributed by atoms with van der Waals surface area (Å²) in [4.78, 5) is 20.4. The van der Waals surface area contributed by atoms with Crippen LogP contribution in [-0.2, 0) is 20.8 Å². The molecule has 2 heterocycles. The number of amides is 1. The van der Waals surface area contributed by atoms with Crippen LogP contribution in [0.2, 0.25) is 0 Å². The Bertz CT molecular complexity index is 1070. The lowest BCUT2D eigenvalue weighted by Crippen LogP contribution is -2.58. The molecule has 1 unspecified atom stereocenters. The number of allylic oxidation sites excluding steroid dienone is 3. The second-order valence-electron chi connectivity index (χ2n) is 9.32. The Morgan fingerprint density at radius 1 is 1.24 bits per heavy atom. The maximum atomic E-state index is 13.7. The molecule has 0 spiro atoms. The van der Waals surface area contributed by atoms with Crippen LogP contribution >= 0.6 is 0 Å². The molecule has 1 aromatic heterocycles. The van der Waals surface area contributed by atoms with Gasteiger partial charge in [-0.1, -0.05) is 42.0 Å². The van der Waals surface area contributed by atoms with Crippen LogP contribution in [0.15, 0.2) is 48.1 Å². The molecule has 5 atom stereocenters. The van der Waals surface area contributed by atoms with Crippen LogP contribution in [-0.4, -0.2) is 76.7 Å². The average Bonchev–Trinajstić information content (AvgIpc) is 3.21. The summed E-state index contributed by atoms with van der Waals surface area (Å²) in [5.74, 6) is -0.439. The van der Waals surface area contributed by atoms with Crippen molar-refractivity contribution in [1.29, 1.82) is 0 Å². The lowest BCUT2D eigenvalue weighted by atomic mass is 10.0. The lowest BCUT2D eigenvalue weighted by molar-refractivity contribution is -0.304. The molecule has 6 N–H and O–H groups in total. The van der Waals surface area contributed by atoms with E-state index in [-0.39, 0.29) is 6.42 Å². The third-order valence-electron chi connectivity index (χ3n) is 6.42. The molecule has 0 bridgehead atoms. The Morgan fingerprint density at radius 2 is 2.03 bits per heavy atom. The number of aromatic nitrogens is 1. The van der Waals surface area contributed by atoms with Crippen LogP contribution < -0.4 is 10.8 Å². The van der Waals surface area contributed by atoms with Crippen LogP contribution in [0.5, 0.6) is 0 Å². The molecule has 2 aromatic rings. The number of aliphatic hydroxyl groups excluding tert-OH is 3. The largest absolute Gasteiger partial charge is 0.394 e. The van der Waals surface area contributed by atoms with Gasteiger partial charge in [0.1, 0.15) is 18.3 Å². The molecule has 0 saturated carbocycles. The number of rotatable bonds is 13. The SMILES string of the molecule is C/C(=C\C=C\CNCCc1c(C)[nH]c2ccccc12)CCCC(=O)NO[C@@H]1OC(CO)[C@H](F)[C@H](O)[C@H]1O. The smallest absolute Gasteiger partial charge is 0.243 e. The van der Waals surface area contributed by atoms with Crippen molar-refractivity contribution in [2.24, 2.45) is 0 Å². The molecule has 1 aromatic carbocycles. The summed E-state index contributed by atoms with van der Waals surface area (Å²) in [7, 11) is 0. The van der Waals surface area contributed by atoms with Crippen LogP contribution in [0.25, 0.3) is 10.9 Å². The van der Waals surface area contributed by atoms with Gasteiger partial charge in [-0.2, -0.15) is 0 Å². The van der Waals surface area contributed by atoms with Gasteiger partial charge < -0.3 is 30.4 Å². The molecule has 1 fully saturated rings. The van der Waals surface area contributed by atoms with E-state index in [1.807, 2.05) is 25.1 Å². The number of hydrogen-bond donors (Lipinski definition) is 6. The number of aryl methyl sites for hydroxylation is 1. The monoisotopic (exact) mass is 519 g/mol. The number of halogens is 1. The van der Waals surface area contributed by atoms with E-state index in [9.17, 15) is 19.4 Å². The first kappa shape index (κ1) is 29.0. The summed E-state index contributed by atoms with van der Waals surface area (Å²) in [6.45, 7) is 5.04. The van der Waals surface area contributed by atoms with Gasteiger partial charge in [0.2, 0.25) is 12.2 Å². The van der Waals surface area contributed by atoms with Crippen molar-refractivity contribution in [2.75, 3.05) is 19.7 Å². The number of hydrogen-bond acceptors (Lipinski definition) is 7. The molecule has 10 heteroatoms. The van der Waals surface area contributed by atoms with E-state index in [0.717, 1.165) is 25.1 Å². The van der Waals surface area contributed by atoms with Gasteiger partial charge in [0.25, 0.3) is 0 Å². The van der Waals surface area contributed by atoms with E-state index >= 15 is 0 Å². The fraction of sp³-hybridized carbons (Fsp3) is 0.519. The van der Waals surface area contributed by atoms with E-state index in [1.165, 1.54) is 22.2 Å².